The zero-order chi connectivity index (χ0) is 17.5. The summed E-state index contributed by atoms with van der Waals surface area (Å²) in [5.41, 5.74) is 1.27. The van der Waals surface area contributed by atoms with E-state index in [1.165, 1.54) is 19.1 Å². The second kappa shape index (κ2) is 8.48. The number of likely N-dealkylation sites (tertiary alicyclic amines) is 1. The van der Waals surface area contributed by atoms with Crippen LogP contribution < -0.4 is 10.6 Å². The molecule has 0 aliphatic carbocycles. The van der Waals surface area contributed by atoms with Gasteiger partial charge in [0.1, 0.15) is 0 Å². The molecule has 0 atom stereocenters. The molecule has 6 nitrogen and oxygen atoms in total. The number of anilines is 2. The highest BCUT2D eigenvalue weighted by molar-refractivity contribution is 6.02. The van der Waals surface area contributed by atoms with Crippen molar-refractivity contribution in [3.8, 4) is 0 Å². The molecule has 0 saturated carbocycles. The summed E-state index contributed by atoms with van der Waals surface area (Å²) in [5, 5.41) is 5.66. The molecule has 0 spiro atoms. The molecule has 0 bridgehead atoms. The number of hydrogen-bond acceptors (Lipinski definition) is 4. The molecule has 1 aliphatic heterocycles. The van der Waals surface area contributed by atoms with Crippen molar-refractivity contribution in [2.45, 2.75) is 25.7 Å². The average molecular weight is 341 g/mol. The van der Waals surface area contributed by atoms with Crippen molar-refractivity contribution < 1.29 is 14.0 Å². The lowest BCUT2D eigenvalue weighted by atomic mass is 10.2. The molecule has 25 heavy (non-hydrogen) atoms. The van der Waals surface area contributed by atoms with Crippen molar-refractivity contribution in [1.82, 2.24) is 4.90 Å². The van der Waals surface area contributed by atoms with E-state index in [1.807, 2.05) is 6.07 Å². The fourth-order valence-electron chi connectivity index (χ4n) is 2.97. The summed E-state index contributed by atoms with van der Waals surface area (Å²) in [5.74, 6) is -0.106. The van der Waals surface area contributed by atoms with Gasteiger partial charge in [0.25, 0.3) is 5.91 Å². The van der Waals surface area contributed by atoms with Crippen LogP contribution >= 0.6 is 0 Å². The van der Waals surface area contributed by atoms with Crippen LogP contribution in [0.4, 0.5) is 11.4 Å². The van der Waals surface area contributed by atoms with Gasteiger partial charge in [0.2, 0.25) is 5.91 Å². The van der Waals surface area contributed by atoms with Gasteiger partial charge in [0.15, 0.2) is 5.76 Å². The predicted octanol–water partition coefficient (Wildman–Crippen LogP) is 3.35. The first-order valence-electron chi connectivity index (χ1n) is 8.68. The third kappa shape index (κ3) is 5.19. The maximum absolute atomic E-state index is 12.3. The molecule has 1 saturated heterocycles. The second-order valence-electron chi connectivity index (χ2n) is 6.25. The first-order valence-corrected chi connectivity index (χ1v) is 8.68. The molecular weight excluding hydrogens is 318 g/mol. The number of carbonyl (C=O) groups excluding carboxylic acids is 2. The maximum Gasteiger partial charge on any atom is 0.291 e. The molecule has 3 rings (SSSR count). The minimum atomic E-state index is -0.321. The Balaban J connectivity index is 1.55. The summed E-state index contributed by atoms with van der Waals surface area (Å²) in [4.78, 5) is 26.5. The molecule has 1 aromatic carbocycles. The maximum atomic E-state index is 12.3. The molecule has 6 heteroatoms. The number of nitrogens with zero attached hydrogens (tertiary/aromatic N) is 1. The number of hydrogen-bond donors (Lipinski definition) is 2. The van der Waals surface area contributed by atoms with Gasteiger partial charge in [-0.05, 0) is 56.3 Å². The van der Waals surface area contributed by atoms with E-state index in [1.54, 1.807) is 30.3 Å². The fourth-order valence-corrected chi connectivity index (χ4v) is 2.97. The summed E-state index contributed by atoms with van der Waals surface area (Å²) < 4.78 is 5.07. The highest BCUT2D eigenvalue weighted by Gasteiger charge is 2.13. The molecule has 132 valence electrons. The van der Waals surface area contributed by atoms with Crippen LogP contribution in [0, 0.1) is 0 Å². The quantitative estimate of drug-likeness (QED) is 0.874. The summed E-state index contributed by atoms with van der Waals surface area (Å²) in [7, 11) is 0. The van der Waals surface area contributed by atoms with Gasteiger partial charge in [-0.2, -0.15) is 0 Å². The number of carbonyl (C=O) groups is 2. The van der Waals surface area contributed by atoms with E-state index in [0.29, 0.717) is 17.9 Å². The molecule has 2 amide bonds. The number of amides is 2. The van der Waals surface area contributed by atoms with Crippen LogP contribution in [0.2, 0.25) is 0 Å². The Kier molecular flexibility index (Phi) is 5.85. The molecule has 1 aliphatic rings. The lowest BCUT2D eigenvalue weighted by molar-refractivity contribution is -0.117. The highest BCUT2D eigenvalue weighted by atomic mass is 16.3. The standard InChI is InChI=1S/C19H23N3O3/c23-18(14-22-10-3-1-2-4-11-22)20-15-7-5-8-16(13-15)21-19(24)17-9-6-12-25-17/h5-9,12-13H,1-4,10-11,14H2,(H,20,23)(H,21,24). The third-order valence-corrected chi connectivity index (χ3v) is 4.22. The van der Waals surface area contributed by atoms with E-state index in [2.05, 4.69) is 15.5 Å². The number of nitrogens with one attached hydrogen (secondary N) is 2. The summed E-state index contributed by atoms with van der Waals surface area (Å²) in [6.07, 6.45) is 6.25. The normalized spacial score (nSPS) is 15.4. The fraction of sp³-hybridized carbons (Fsp3) is 0.368. The van der Waals surface area contributed by atoms with Crippen LogP contribution in [0.5, 0.6) is 0 Å². The monoisotopic (exact) mass is 341 g/mol. The van der Waals surface area contributed by atoms with Crippen LogP contribution in [0.25, 0.3) is 0 Å². The summed E-state index contributed by atoms with van der Waals surface area (Å²) >= 11 is 0. The van der Waals surface area contributed by atoms with Crippen molar-refractivity contribution in [3.05, 3.63) is 48.4 Å². The Bertz CT molecular complexity index is 704. The third-order valence-electron chi connectivity index (χ3n) is 4.22. The second-order valence-corrected chi connectivity index (χ2v) is 6.25. The Morgan fingerprint density at radius 2 is 1.68 bits per heavy atom. The highest BCUT2D eigenvalue weighted by Crippen LogP contribution is 2.17. The molecule has 2 aromatic rings. The van der Waals surface area contributed by atoms with E-state index in [9.17, 15) is 9.59 Å². The van der Waals surface area contributed by atoms with E-state index in [0.717, 1.165) is 25.9 Å². The zero-order valence-electron chi connectivity index (χ0n) is 14.2. The lowest BCUT2D eigenvalue weighted by Crippen LogP contribution is -2.33. The van der Waals surface area contributed by atoms with Crippen LogP contribution in [0.1, 0.15) is 36.2 Å². The topological polar surface area (TPSA) is 74.6 Å². The Morgan fingerprint density at radius 1 is 0.960 bits per heavy atom. The van der Waals surface area contributed by atoms with Crippen LogP contribution in [-0.2, 0) is 4.79 Å². The minimum Gasteiger partial charge on any atom is -0.459 e. The number of benzene rings is 1. The van der Waals surface area contributed by atoms with Gasteiger partial charge >= 0.3 is 0 Å². The van der Waals surface area contributed by atoms with Crippen molar-refractivity contribution in [2.24, 2.45) is 0 Å². The molecule has 1 aromatic heterocycles. The lowest BCUT2D eigenvalue weighted by Gasteiger charge is -2.19. The minimum absolute atomic E-state index is 0.0311. The van der Waals surface area contributed by atoms with Gasteiger partial charge in [-0.3, -0.25) is 14.5 Å². The van der Waals surface area contributed by atoms with E-state index >= 15 is 0 Å². The van der Waals surface area contributed by atoms with Crippen LogP contribution in [-0.4, -0.2) is 36.3 Å². The molecule has 0 radical (unpaired) electrons. The van der Waals surface area contributed by atoms with E-state index < -0.39 is 0 Å². The first kappa shape index (κ1) is 17.2. The Hall–Kier alpha value is -2.60. The van der Waals surface area contributed by atoms with E-state index in [-0.39, 0.29) is 17.6 Å². The molecule has 2 N–H and O–H groups in total. The van der Waals surface area contributed by atoms with Gasteiger partial charge < -0.3 is 15.1 Å². The van der Waals surface area contributed by atoms with Crippen LogP contribution in [0.3, 0.4) is 0 Å². The predicted molar refractivity (Wildman–Crippen MR) is 96.6 cm³/mol. The number of rotatable bonds is 5. The Labute approximate surface area is 147 Å². The summed E-state index contributed by atoms with van der Waals surface area (Å²) in [6.45, 7) is 2.36. The van der Waals surface area contributed by atoms with Gasteiger partial charge in [-0.15, -0.1) is 0 Å². The first-order chi connectivity index (χ1) is 12.2. The smallest absolute Gasteiger partial charge is 0.291 e. The van der Waals surface area contributed by atoms with Crippen molar-refractivity contribution in [1.29, 1.82) is 0 Å². The Morgan fingerprint density at radius 3 is 2.36 bits per heavy atom. The summed E-state index contributed by atoms with van der Waals surface area (Å²) in [6, 6.07) is 10.4. The van der Waals surface area contributed by atoms with Gasteiger partial charge in [-0.25, -0.2) is 0 Å². The van der Waals surface area contributed by atoms with E-state index in [4.69, 9.17) is 4.42 Å². The molecule has 0 unspecified atom stereocenters. The molecule has 2 heterocycles. The van der Waals surface area contributed by atoms with Crippen molar-refractivity contribution in [2.75, 3.05) is 30.3 Å². The van der Waals surface area contributed by atoms with Gasteiger partial charge in [0.05, 0.1) is 12.8 Å². The number of furan rings is 1. The average Bonchev–Trinajstić information content (AvgIpc) is 3.01. The SMILES string of the molecule is O=C(CN1CCCCCC1)Nc1cccc(NC(=O)c2ccco2)c1. The van der Waals surface area contributed by atoms with Crippen molar-refractivity contribution >= 4 is 23.2 Å². The molecule has 1 fully saturated rings. The van der Waals surface area contributed by atoms with Crippen molar-refractivity contribution in [3.63, 3.8) is 0 Å². The largest absolute Gasteiger partial charge is 0.459 e. The molecular formula is C19H23N3O3. The van der Waals surface area contributed by atoms with Crippen LogP contribution in [0.15, 0.2) is 47.1 Å². The van der Waals surface area contributed by atoms with Gasteiger partial charge in [-0.1, -0.05) is 18.9 Å². The van der Waals surface area contributed by atoms with Gasteiger partial charge in [0, 0.05) is 11.4 Å². The zero-order valence-corrected chi connectivity index (χ0v) is 14.2.